The molecule has 3 aromatic carbocycles. The maximum atomic E-state index is 13.7. The van der Waals surface area contributed by atoms with Gasteiger partial charge in [-0.2, -0.15) is 0 Å². The fourth-order valence-corrected chi connectivity index (χ4v) is 2.79. The average Bonchev–Trinajstić information content (AvgIpc) is 2.66. The van der Waals surface area contributed by atoms with Crippen LogP contribution < -0.4 is 14.8 Å². The largest absolute Gasteiger partial charge is 0.495 e. The Hall–Kier alpha value is -2.72. The van der Waals surface area contributed by atoms with Crippen molar-refractivity contribution < 1.29 is 13.9 Å². The second kappa shape index (κ2) is 8.59. The lowest BCUT2D eigenvalue weighted by Crippen LogP contribution is -2.04. The van der Waals surface area contributed by atoms with Gasteiger partial charge in [0.05, 0.1) is 12.1 Å². The quantitative estimate of drug-likeness (QED) is 0.579. The lowest BCUT2D eigenvalue weighted by atomic mass is 10.2. The van der Waals surface area contributed by atoms with Crippen molar-refractivity contribution in [3.05, 3.63) is 88.7 Å². The van der Waals surface area contributed by atoms with Crippen molar-refractivity contribution in [1.29, 1.82) is 0 Å². The van der Waals surface area contributed by atoms with E-state index in [-0.39, 0.29) is 12.4 Å². The highest BCUT2D eigenvalue weighted by molar-refractivity contribution is 6.32. The van der Waals surface area contributed by atoms with Gasteiger partial charge in [-0.15, -0.1) is 0 Å². The minimum absolute atomic E-state index is 0.179. The fraction of sp³-hybridized carbons (Fsp3) is 0.143. The Morgan fingerprint density at radius 2 is 1.65 bits per heavy atom. The van der Waals surface area contributed by atoms with E-state index >= 15 is 0 Å². The van der Waals surface area contributed by atoms with E-state index in [4.69, 9.17) is 21.1 Å². The molecule has 0 aliphatic heterocycles. The van der Waals surface area contributed by atoms with Gasteiger partial charge in [0.2, 0.25) is 0 Å². The minimum atomic E-state index is -0.268. The number of anilines is 1. The van der Waals surface area contributed by atoms with Gasteiger partial charge in [0.25, 0.3) is 0 Å². The molecule has 0 amide bonds. The number of benzene rings is 3. The zero-order valence-electron chi connectivity index (χ0n) is 14.3. The van der Waals surface area contributed by atoms with E-state index in [2.05, 4.69) is 5.32 Å². The number of ether oxygens (including phenoxy) is 2. The maximum absolute atomic E-state index is 13.7. The summed E-state index contributed by atoms with van der Waals surface area (Å²) in [4.78, 5) is 0. The number of hydrogen-bond acceptors (Lipinski definition) is 3. The third-order valence-corrected chi connectivity index (χ3v) is 4.24. The molecule has 0 spiro atoms. The molecule has 0 aliphatic rings. The SMILES string of the molecule is COc1ccc(NCc2ccccc2OCc2ccccc2F)cc1Cl. The van der Waals surface area contributed by atoms with Crippen LogP contribution in [0.5, 0.6) is 11.5 Å². The zero-order valence-corrected chi connectivity index (χ0v) is 15.1. The van der Waals surface area contributed by atoms with Gasteiger partial charge in [-0.05, 0) is 30.3 Å². The number of nitrogens with one attached hydrogen (secondary N) is 1. The van der Waals surface area contributed by atoms with Crippen molar-refractivity contribution >= 4 is 17.3 Å². The maximum Gasteiger partial charge on any atom is 0.137 e. The van der Waals surface area contributed by atoms with Crippen molar-refractivity contribution in [2.75, 3.05) is 12.4 Å². The molecule has 0 heterocycles. The minimum Gasteiger partial charge on any atom is -0.495 e. The van der Waals surface area contributed by atoms with Crippen LogP contribution in [0.4, 0.5) is 10.1 Å². The van der Waals surface area contributed by atoms with Gasteiger partial charge in [-0.1, -0.05) is 48.0 Å². The van der Waals surface area contributed by atoms with Gasteiger partial charge < -0.3 is 14.8 Å². The van der Waals surface area contributed by atoms with E-state index in [0.29, 0.717) is 28.6 Å². The Labute approximate surface area is 157 Å². The third kappa shape index (κ3) is 4.46. The Balaban J connectivity index is 1.67. The lowest BCUT2D eigenvalue weighted by Gasteiger charge is -2.14. The highest BCUT2D eigenvalue weighted by atomic mass is 35.5. The predicted octanol–water partition coefficient (Wildman–Crippen LogP) is 5.68. The molecule has 0 fully saturated rings. The first kappa shape index (κ1) is 18.1. The number of rotatable bonds is 7. The van der Waals surface area contributed by atoms with Gasteiger partial charge in [-0.3, -0.25) is 0 Å². The highest BCUT2D eigenvalue weighted by Gasteiger charge is 2.07. The molecule has 0 atom stereocenters. The number of para-hydroxylation sites is 1. The average molecular weight is 372 g/mol. The van der Waals surface area contributed by atoms with Gasteiger partial charge in [0.15, 0.2) is 0 Å². The standard InChI is InChI=1S/C21H19ClFNO2/c1-25-21-11-10-17(12-18(21)22)24-13-15-6-3-5-9-20(15)26-14-16-7-2-4-8-19(16)23/h2-12,24H,13-14H2,1H3. The Bertz CT molecular complexity index is 885. The van der Waals surface area contributed by atoms with Crippen LogP contribution in [0.25, 0.3) is 0 Å². The summed E-state index contributed by atoms with van der Waals surface area (Å²) in [6.07, 6.45) is 0. The van der Waals surface area contributed by atoms with Crippen molar-refractivity contribution in [3.8, 4) is 11.5 Å². The molecule has 134 valence electrons. The number of hydrogen-bond donors (Lipinski definition) is 1. The molecule has 26 heavy (non-hydrogen) atoms. The molecular weight excluding hydrogens is 353 g/mol. The summed E-state index contributed by atoms with van der Waals surface area (Å²) >= 11 is 6.15. The van der Waals surface area contributed by atoms with Gasteiger partial charge in [0, 0.05) is 23.4 Å². The van der Waals surface area contributed by atoms with E-state index in [1.54, 1.807) is 25.3 Å². The summed E-state index contributed by atoms with van der Waals surface area (Å²) in [6, 6.07) is 19.8. The molecule has 0 saturated carbocycles. The summed E-state index contributed by atoms with van der Waals surface area (Å²) in [5.41, 5.74) is 2.37. The van der Waals surface area contributed by atoms with Crippen LogP contribution in [0.3, 0.4) is 0 Å². The molecule has 0 unspecified atom stereocenters. The molecule has 0 radical (unpaired) electrons. The Kier molecular flexibility index (Phi) is 5.97. The van der Waals surface area contributed by atoms with Crippen LogP contribution in [-0.4, -0.2) is 7.11 Å². The summed E-state index contributed by atoms with van der Waals surface area (Å²) in [6.45, 7) is 0.730. The van der Waals surface area contributed by atoms with E-state index in [9.17, 15) is 4.39 Å². The van der Waals surface area contributed by atoms with Crippen LogP contribution in [0.1, 0.15) is 11.1 Å². The normalized spacial score (nSPS) is 10.4. The first-order chi connectivity index (χ1) is 12.7. The molecular formula is C21H19ClFNO2. The second-order valence-corrected chi connectivity index (χ2v) is 6.10. The molecule has 3 aromatic rings. The molecule has 5 heteroatoms. The van der Waals surface area contributed by atoms with Crippen LogP contribution in [-0.2, 0) is 13.2 Å². The van der Waals surface area contributed by atoms with E-state index in [1.165, 1.54) is 6.07 Å². The van der Waals surface area contributed by atoms with Crippen molar-refractivity contribution in [3.63, 3.8) is 0 Å². The highest BCUT2D eigenvalue weighted by Crippen LogP contribution is 2.28. The van der Waals surface area contributed by atoms with Gasteiger partial charge in [-0.25, -0.2) is 4.39 Å². The first-order valence-electron chi connectivity index (χ1n) is 8.19. The molecule has 3 nitrogen and oxygen atoms in total. The predicted molar refractivity (Wildman–Crippen MR) is 103 cm³/mol. The fourth-order valence-electron chi connectivity index (χ4n) is 2.54. The second-order valence-electron chi connectivity index (χ2n) is 5.69. The van der Waals surface area contributed by atoms with Crippen LogP contribution in [0, 0.1) is 5.82 Å². The van der Waals surface area contributed by atoms with E-state index in [1.807, 2.05) is 42.5 Å². The summed E-state index contributed by atoms with van der Waals surface area (Å²) in [5, 5.41) is 3.85. The summed E-state index contributed by atoms with van der Waals surface area (Å²) in [7, 11) is 1.58. The number of methoxy groups -OCH3 is 1. The first-order valence-corrected chi connectivity index (χ1v) is 8.56. The summed E-state index contributed by atoms with van der Waals surface area (Å²) in [5.74, 6) is 1.07. The monoisotopic (exact) mass is 371 g/mol. The van der Waals surface area contributed by atoms with Gasteiger partial charge >= 0.3 is 0 Å². The molecule has 0 aromatic heterocycles. The summed E-state index contributed by atoms with van der Waals surface area (Å²) < 4.78 is 24.7. The molecule has 3 rings (SSSR count). The molecule has 1 N–H and O–H groups in total. The van der Waals surface area contributed by atoms with E-state index < -0.39 is 0 Å². The van der Waals surface area contributed by atoms with Crippen molar-refractivity contribution in [2.24, 2.45) is 0 Å². The topological polar surface area (TPSA) is 30.5 Å². The van der Waals surface area contributed by atoms with E-state index in [0.717, 1.165) is 11.3 Å². The Morgan fingerprint density at radius 1 is 0.923 bits per heavy atom. The molecule has 0 aliphatic carbocycles. The zero-order chi connectivity index (χ0) is 18.4. The van der Waals surface area contributed by atoms with Crippen LogP contribution >= 0.6 is 11.6 Å². The molecule has 0 bridgehead atoms. The molecule has 0 saturated heterocycles. The Morgan fingerprint density at radius 3 is 2.38 bits per heavy atom. The van der Waals surface area contributed by atoms with Gasteiger partial charge in [0.1, 0.15) is 23.9 Å². The lowest BCUT2D eigenvalue weighted by molar-refractivity contribution is 0.297. The van der Waals surface area contributed by atoms with Crippen LogP contribution in [0.2, 0.25) is 5.02 Å². The van der Waals surface area contributed by atoms with Crippen LogP contribution in [0.15, 0.2) is 66.7 Å². The van der Waals surface area contributed by atoms with Crippen molar-refractivity contribution in [2.45, 2.75) is 13.2 Å². The third-order valence-electron chi connectivity index (χ3n) is 3.95. The smallest absolute Gasteiger partial charge is 0.137 e. The van der Waals surface area contributed by atoms with Crippen molar-refractivity contribution in [1.82, 2.24) is 0 Å². The number of halogens is 2.